The summed E-state index contributed by atoms with van der Waals surface area (Å²) in [5.41, 5.74) is 1.08. The summed E-state index contributed by atoms with van der Waals surface area (Å²) in [5.74, 6) is -0.448. The van der Waals surface area contributed by atoms with Crippen molar-refractivity contribution in [1.29, 1.82) is 0 Å². The van der Waals surface area contributed by atoms with Gasteiger partial charge in [-0.15, -0.1) is 0 Å². The fourth-order valence-electron chi connectivity index (χ4n) is 3.60. The van der Waals surface area contributed by atoms with E-state index in [-0.39, 0.29) is 30.7 Å². The van der Waals surface area contributed by atoms with Crippen molar-refractivity contribution in [3.63, 3.8) is 0 Å². The molecule has 6 nitrogen and oxygen atoms in total. The third kappa shape index (κ3) is 8.43. The van der Waals surface area contributed by atoms with Crippen LogP contribution in [0.2, 0.25) is 0 Å². The quantitative estimate of drug-likeness (QED) is 0.168. The largest absolute Gasteiger partial charge is 0.465 e. The van der Waals surface area contributed by atoms with Crippen LogP contribution in [0.5, 0.6) is 0 Å². The zero-order valence-corrected chi connectivity index (χ0v) is 21.7. The van der Waals surface area contributed by atoms with Gasteiger partial charge in [-0.3, -0.25) is 9.69 Å². The molecule has 3 aromatic rings. The number of carbonyl (C=O) groups is 2. The molecule has 3 rings (SSSR count). The number of ether oxygens (including phenoxy) is 3. The first-order valence-corrected chi connectivity index (χ1v) is 13.4. The molecule has 0 atom stereocenters. The summed E-state index contributed by atoms with van der Waals surface area (Å²) in [6, 6.07) is 29.7. The second-order valence-corrected chi connectivity index (χ2v) is 9.93. The molecule has 7 heteroatoms. The van der Waals surface area contributed by atoms with E-state index < -0.39 is 12.1 Å². The lowest BCUT2D eigenvalue weighted by Gasteiger charge is -2.20. The van der Waals surface area contributed by atoms with Crippen molar-refractivity contribution in [3.8, 4) is 0 Å². The van der Waals surface area contributed by atoms with E-state index in [1.165, 1.54) is 19.6 Å². The number of esters is 1. The Kier molecular flexibility index (Phi) is 11.3. The lowest BCUT2D eigenvalue weighted by Crippen LogP contribution is -2.38. The Labute approximate surface area is 216 Å². The van der Waals surface area contributed by atoms with Crippen molar-refractivity contribution in [2.45, 2.75) is 41.6 Å². The van der Waals surface area contributed by atoms with E-state index in [9.17, 15) is 9.59 Å². The van der Waals surface area contributed by atoms with Gasteiger partial charge in [0.15, 0.2) is 14.7 Å². The van der Waals surface area contributed by atoms with Crippen molar-refractivity contribution in [3.05, 3.63) is 90.5 Å². The first kappa shape index (κ1) is 27.3. The minimum atomic E-state index is -0.520. The van der Waals surface area contributed by atoms with E-state index in [1.807, 2.05) is 12.1 Å². The maximum absolute atomic E-state index is 12.1. The van der Waals surface area contributed by atoms with Crippen LogP contribution in [0.1, 0.15) is 25.8 Å². The van der Waals surface area contributed by atoms with Gasteiger partial charge in [0.05, 0.1) is 30.7 Å². The average molecular weight is 509 g/mol. The molecule has 3 aromatic carbocycles. The van der Waals surface area contributed by atoms with Crippen LogP contribution in [0.15, 0.2) is 99.6 Å². The lowest BCUT2D eigenvalue weighted by atomic mass is 10.2. The minimum absolute atomic E-state index is 0.126. The highest BCUT2D eigenvalue weighted by Gasteiger charge is 2.28. The third-order valence-electron chi connectivity index (χ3n) is 5.25. The number of rotatable bonds is 13. The molecule has 0 radical (unpaired) electrons. The zero-order chi connectivity index (χ0) is 25.6. The predicted octanol–water partition coefficient (Wildman–Crippen LogP) is 5.71. The van der Waals surface area contributed by atoms with Crippen LogP contribution < -0.4 is 0 Å². The lowest BCUT2D eigenvalue weighted by molar-refractivity contribution is -0.144. The molecule has 0 spiro atoms. The third-order valence-corrected chi connectivity index (χ3v) is 7.48. The number of nitrogens with zero attached hydrogens (tertiary/aromatic N) is 1. The summed E-state index contributed by atoms with van der Waals surface area (Å²) in [7, 11) is -0.178. The van der Waals surface area contributed by atoms with Crippen molar-refractivity contribution in [1.82, 2.24) is 4.90 Å². The summed E-state index contributed by atoms with van der Waals surface area (Å²) >= 11 is 0. The smallest absolute Gasteiger partial charge is 0.410 e. The molecule has 36 heavy (non-hydrogen) atoms. The normalized spacial score (nSPS) is 10.8. The number of carbonyl (C=O) groups excluding carboxylic acids is 2. The van der Waals surface area contributed by atoms with Gasteiger partial charge in [0.1, 0.15) is 6.54 Å². The van der Waals surface area contributed by atoms with E-state index >= 15 is 0 Å². The van der Waals surface area contributed by atoms with Gasteiger partial charge in [-0.1, -0.05) is 48.5 Å². The summed E-state index contributed by atoms with van der Waals surface area (Å²) in [5, 5.41) is 0. The van der Waals surface area contributed by atoms with E-state index in [1.54, 1.807) is 13.8 Å². The van der Waals surface area contributed by atoms with Gasteiger partial charge in [0, 0.05) is 13.2 Å². The standard InChI is InChI=1S/C29H34NO5S/c1-3-34-28(31)22-30(29(32)35-4-2)20-11-21-33-23-24-16-18-27(19-17-24)36(25-12-7-5-8-13-25)26-14-9-6-10-15-26/h5-10,12-19H,3-4,11,20-23H2,1-2H3/q+1. The van der Waals surface area contributed by atoms with Crippen LogP contribution in [-0.4, -0.2) is 49.9 Å². The van der Waals surface area contributed by atoms with Crippen molar-refractivity contribution in [2.75, 3.05) is 32.9 Å². The van der Waals surface area contributed by atoms with Crippen molar-refractivity contribution in [2.24, 2.45) is 0 Å². The SMILES string of the molecule is CCOC(=O)CN(CCCOCc1ccc([S+](c2ccccc2)c2ccccc2)cc1)C(=O)OCC. The fourth-order valence-corrected chi connectivity index (χ4v) is 5.69. The van der Waals surface area contributed by atoms with Crippen LogP contribution in [0.25, 0.3) is 0 Å². The minimum Gasteiger partial charge on any atom is -0.465 e. The molecule has 0 fully saturated rings. The molecule has 0 aliphatic heterocycles. The van der Waals surface area contributed by atoms with Gasteiger partial charge in [-0.25, -0.2) is 4.79 Å². The van der Waals surface area contributed by atoms with Gasteiger partial charge < -0.3 is 14.2 Å². The Balaban J connectivity index is 1.54. The topological polar surface area (TPSA) is 65.1 Å². The Morgan fingerprint density at radius 2 is 1.31 bits per heavy atom. The van der Waals surface area contributed by atoms with E-state index in [0.717, 1.165) is 5.56 Å². The number of hydrogen-bond acceptors (Lipinski definition) is 5. The molecule has 0 unspecified atom stereocenters. The Bertz CT molecular complexity index is 1020. The van der Waals surface area contributed by atoms with Gasteiger partial charge in [-0.05, 0) is 62.2 Å². The maximum Gasteiger partial charge on any atom is 0.410 e. The van der Waals surface area contributed by atoms with Crippen LogP contribution in [-0.2, 0) is 36.5 Å². The number of hydrogen-bond donors (Lipinski definition) is 0. The molecule has 0 bridgehead atoms. The molecule has 0 saturated heterocycles. The Morgan fingerprint density at radius 1 is 0.750 bits per heavy atom. The van der Waals surface area contributed by atoms with Gasteiger partial charge in [0.25, 0.3) is 0 Å². The van der Waals surface area contributed by atoms with Gasteiger partial charge >= 0.3 is 12.1 Å². The average Bonchev–Trinajstić information content (AvgIpc) is 2.90. The summed E-state index contributed by atoms with van der Waals surface area (Å²) in [6.07, 6.45) is 0.0651. The molecular weight excluding hydrogens is 474 g/mol. The van der Waals surface area contributed by atoms with Gasteiger partial charge in [0.2, 0.25) is 0 Å². The fraction of sp³-hybridized carbons (Fsp3) is 0.310. The van der Waals surface area contributed by atoms with Crippen LogP contribution in [0.4, 0.5) is 4.79 Å². The van der Waals surface area contributed by atoms with Crippen molar-refractivity contribution < 1.29 is 23.8 Å². The molecule has 0 N–H and O–H groups in total. The van der Waals surface area contributed by atoms with Crippen LogP contribution >= 0.6 is 0 Å². The van der Waals surface area contributed by atoms with Gasteiger partial charge in [-0.2, -0.15) is 0 Å². The number of benzene rings is 3. The highest BCUT2D eigenvalue weighted by molar-refractivity contribution is 7.97. The number of amides is 1. The second-order valence-electron chi connectivity index (χ2n) is 7.91. The summed E-state index contributed by atoms with van der Waals surface area (Å²) in [4.78, 5) is 29.1. The molecule has 0 heterocycles. The Hall–Kier alpha value is -3.29. The molecule has 0 aliphatic carbocycles. The van der Waals surface area contributed by atoms with Crippen molar-refractivity contribution >= 4 is 23.0 Å². The zero-order valence-electron chi connectivity index (χ0n) is 20.9. The van der Waals surface area contributed by atoms with Crippen LogP contribution in [0.3, 0.4) is 0 Å². The highest BCUT2D eigenvalue weighted by atomic mass is 32.2. The molecule has 1 amide bonds. The molecule has 0 aliphatic rings. The first-order chi connectivity index (χ1) is 17.6. The molecule has 0 saturated carbocycles. The van der Waals surface area contributed by atoms with E-state index in [4.69, 9.17) is 14.2 Å². The van der Waals surface area contributed by atoms with E-state index in [0.29, 0.717) is 26.2 Å². The van der Waals surface area contributed by atoms with E-state index in [2.05, 4.69) is 72.8 Å². The van der Waals surface area contributed by atoms with Crippen LogP contribution in [0, 0.1) is 0 Å². The summed E-state index contributed by atoms with van der Waals surface area (Å²) < 4.78 is 15.8. The highest BCUT2D eigenvalue weighted by Crippen LogP contribution is 2.31. The maximum atomic E-state index is 12.1. The predicted molar refractivity (Wildman–Crippen MR) is 141 cm³/mol. The second kappa shape index (κ2) is 15.0. The molecule has 190 valence electrons. The molecule has 0 aromatic heterocycles. The monoisotopic (exact) mass is 508 g/mol. The first-order valence-electron chi connectivity index (χ1n) is 12.2. The molecular formula is C29H34NO5S+. The summed E-state index contributed by atoms with van der Waals surface area (Å²) in [6.45, 7) is 5.15. The Morgan fingerprint density at radius 3 is 1.86 bits per heavy atom.